The predicted octanol–water partition coefficient (Wildman–Crippen LogP) is 6.49. The molecule has 1 aliphatic heterocycles. The van der Waals surface area contributed by atoms with Crippen LogP contribution in [-0.4, -0.2) is 72.1 Å². The van der Waals surface area contributed by atoms with Crippen molar-refractivity contribution in [3.63, 3.8) is 0 Å². The summed E-state index contributed by atoms with van der Waals surface area (Å²) in [5.41, 5.74) is 7.22. The second kappa shape index (κ2) is 14.6. The van der Waals surface area contributed by atoms with E-state index in [2.05, 4.69) is 33.1 Å². The molecule has 0 radical (unpaired) electrons. The standard InChI is InChI=1S/C40H44F2N6O4/c1-23-18-31-37(44-33(22-51-4)47(31)3)39-35(23)28-8-7-16-48-32(21-24(38(28)48)14-17-46(39)2)40(50)25-19-29(41)36(30(42)20-25)45-34(49)9-6-15-43-26-10-12-27(52-5)13-11-26/h6-9,16,18-21,26-27,43H,10-15,17,22H2,1-5H3,(H,45,49)/b9-6+. The van der Waals surface area contributed by atoms with Gasteiger partial charge in [0, 0.05) is 76.4 Å². The summed E-state index contributed by atoms with van der Waals surface area (Å²) >= 11 is 0. The number of pyridine rings is 1. The fraction of sp³-hybridized carbons (Fsp3) is 0.375. The molecule has 0 atom stereocenters. The van der Waals surface area contributed by atoms with E-state index < -0.39 is 29.0 Å². The van der Waals surface area contributed by atoms with Crippen LogP contribution >= 0.6 is 0 Å². The lowest BCUT2D eigenvalue weighted by atomic mass is 9.93. The highest BCUT2D eigenvalue weighted by Gasteiger charge is 2.28. The number of amides is 1. The number of methoxy groups -OCH3 is 2. The number of hydrogen-bond donors (Lipinski definition) is 2. The molecule has 5 aromatic rings. The lowest BCUT2D eigenvalue weighted by Gasteiger charge is -2.27. The molecule has 0 bridgehead atoms. The first kappa shape index (κ1) is 35.5. The van der Waals surface area contributed by atoms with Crippen molar-refractivity contribution in [2.75, 3.05) is 44.6 Å². The van der Waals surface area contributed by atoms with E-state index in [-0.39, 0.29) is 5.56 Å². The minimum absolute atomic E-state index is 0.156. The fourth-order valence-corrected chi connectivity index (χ4v) is 7.80. The first-order chi connectivity index (χ1) is 25.1. The number of imidazole rings is 1. The molecule has 7 rings (SSSR count). The lowest BCUT2D eigenvalue weighted by molar-refractivity contribution is -0.112. The SMILES string of the molecule is COCc1nc2c3c(c(C)cc2n1C)-c1cccn2c(C(=O)c4cc(F)c(NC(=O)/C=C/CNC5CCC(OC)CC5)c(F)c4)cc(c12)CCN3C. The lowest BCUT2D eigenvalue weighted by Crippen LogP contribution is -2.35. The zero-order valence-electron chi connectivity index (χ0n) is 30.2. The Morgan fingerprint density at radius 1 is 1.06 bits per heavy atom. The normalized spacial score (nSPS) is 17.5. The van der Waals surface area contributed by atoms with Gasteiger partial charge in [0.1, 0.15) is 35.3 Å². The summed E-state index contributed by atoms with van der Waals surface area (Å²) in [5.74, 6) is -2.44. The third kappa shape index (κ3) is 6.50. The zero-order chi connectivity index (χ0) is 36.7. The fourth-order valence-electron chi connectivity index (χ4n) is 7.80. The second-order valence-electron chi connectivity index (χ2n) is 13.8. The number of hydrogen-bond acceptors (Lipinski definition) is 7. The summed E-state index contributed by atoms with van der Waals surface area (Å²) in [4.78, 5) is 33.8. The topological polar surface area (TPSA) is 102 Å². The highest BCUT2D eigenvalue weighted by molar-refractivity contribution is 6.11. The van der Waals surface area contributed by atoms with Crippen LogP contribution in [0.25, 0.3) is 27.7 Å². The average molecular weight is 711 g/mol. The van der Waals surface area contributed by atoms with Gasteiger partial charge >= 0.3 is 0 Å². The molecule has 3 aromatic heterocycles. The number of benzene rings is 2. The third-order valence-corrected chi connectivity index (χ3v) is 10.5. The van der Waals surface area contributed by atoms with Crippen molar-refractivity contribution in [1.29, 1.82) is 0 Å². The Bertz CT molecular complexity index is 2190. The van der Waals surface area contributed by atoms with E-state index in [1.54, 1.807) is 26.5 Å². The van der Waals surface area contributed by atoms with Crippen molar-refractivity contribution in [3.8, 4) is 11.1 Å². The number of fused-ring (bicyclic) bond motifs is 4. The molecule has 0 spiro atoms. The highest BCUT2D eigenvalue weighted by Crippen LogP contribution is 2.44. The minimum Gasteiger partial charge on any atom is -0.381 e. The maximum atomic E-state index is 15.4. The van der Waals surface area contributed by atoms with Gasteiger partial charge in [-0.05, 0) is 80.5 Å². The van der Waals surface area contributed by atoms with Crippen LogP contribution in [0, 0.1) is 18.6 Å². The van der Waals surface area contributed by atoms with Gasteiger partial charge in [-0.15, -0.1) is 0 Å². The van der Waals surface area contributed by atoms with Crippen molar-refractivity contribution in [2.45, 2.75) is 57.8 Å². The second-order valence-corrected chi connectivity index (χ2v) is 13.8. The van der Waals surface area contributed by atoms with Gasteiger partial charge in [-0.2, -0.15) is 0 Å². The molecule has 1 fully saturated rings. The number of anilines is 2. The summed E-state index contributed by atoms with van der Waals surface area (Å²) in [6.45, 7) is 3.56. The number of aromatic nitrogens is 3. The monoisotopic (exact) mass is 710 g/mol. The Labute approximate surface area is 301 Å². The highest BCUT2D eigenvalue weighted by atomic mass is 19.1. The molecule has 1 saturated carbocycles. The van der Waals surface area contributed by atoms with E-state index in [1.165, 1.54) is 6.08 Å². The van der Waals surface area contributed by atoms with E-state index in [0.717, 1.165) is 88.1 Å². The minimum atomic E-state index is -1.03. The Morgan fingerprint density at radius 3 is 2.52 bits per heavy atom. The first-order valence-electron chi connectivity index (χ1n) is 17.7. The summed E-state index contributed by atoms with van der Waals surface area (Å²) in [6.07, 6.45) is 9.54. The van der Waals surface area contributed by atoms with Gasteiger partial charge in [0.05, 0.1) is 28.5 Å². The maximum absolute atomic E-state index is 15.4. The first-order valence-corrected chi connectivity index (χ1v) is 17.7. The van der Waals surface area contributed by atoms with Gasteiger partial charge in [0.25, 0.3) is 0 Å². The largest absolute Gasteiger partial charge is 0.381 e. The quantitative estimate of drug-likeness (QED) is 0.126. The van der Waals surface area contributed by atoms with Gasteiger partial charge in [0.15, 0.2) is 0 Å². The van der Waals surface area contributed by atoms with Gasteiger partial charge in [-0.1, -0.05) is 12.1 Å². The van der Waals surface area contributed by atoms with Gasteiger partial charge in [-0.3, -0.25) is 9.59 Å². The van der Waals surface area contributed by atoms with Crippen LogP contribution in [0.15, 0.2) is 54.7 Å². The van der Waals surface area contributed by atoms with E-state index in [0.29, 0.717) is 44.0 Å². The molecular weight excluding hydrogens is 666 g/mol. The van der Waals surface area contributed by atoms with Crippen LogP contribution in [0.4, 0.5) is 20.2 Å². The molecular formula is C40H44F2N6O4. The van der Waals surface area contributed by atoms with Crippen LogP contribution in [0.2, 0.25) is 0 Å². The Kier molecular flexibility index (Phi) is 9.97. The number of likely N-dealkylation sites (N-methyl/N-ethyl adjacent to an activating group) is 1. The molecule has 2 aliphatic rings. The van der Waals surface area contributed by atoms with Gasteiger partial charge in [-0.25, -0.2) is 13.8 Å². The molecule has 2 aromatic carbocycles. The van der Waals surface area contributed by atoms with Crippen molar-refractivity contribution in [2.24, 2.45) is 7.05 Å². The molecule has 0 unspecified atom stereocenters. The van der Waals surface area contributed by atoms with E-state index >= 15 is 8.78 Å². The van der Waals surface area contributed by atoms with Crippen LogP contribution in [0.3, 0.4) is 0 Å². The average Bonchev–Trinajstić information content (AvgIpc) is 3.66. The summed E-state index contributed by atoms with van der Waals surface area (Å²) in [5, 5.41) is 5.68. The molecule has 2 N–H and O–H groups in total. The van der Waals surface area contributed by atoms with Crippen LogP contribution in [0.1, 0.15) is 58.7 Å². The predicted molar refractivity (Wildman–Crippen MR) is 198 cm³/mol. The van der Waals surface area contributed by atoms with Crippen molar-refractivity contribution < 1.29 is 27.8 Å². The Morgan fingerprint density at radius 2 is 1.81 bits per heavy atom. The third-order valence-electron chi connectivity index (χ3n) is 10.5. The maximum Gasteiger partial charge on any atom is 0.248 e. The summed E-state index contributed by atoms with van der Waals surface area (Å²) < 4.78 is 45.5. The molecule has 272 valence electrons. The van der Waals surface area contributed by atoms with Crippen LogP contribution in [0.5, 0.6) is 0 Å². The van der Waals surface area contributed by atoms with E-state index in [1.807, 2.05) is 36.7 Å². The molecule has 4 heterocycles. The van der Waals surface area contributed by atoms with Gasteiger partial charge < -0.3 is 34.0 Å². The number of rotatable bonds is 10. The van der Waals surface area contributed by atoms with Crippen molar-refractivity contribution >= 4 is 39.6 Å². The van der Waals surface area contributed by atoms with Crippen LogP contribution in [-0.2, 0) is 34.3 Å². The van der Waals surface area contributed by atoms with Crippen LogP contribution < -0.4 is 15.5 Å². The Balaban J connectivity index is 1.15. The zero-order valence-corrected chi connectivity index (χ0v) is 30.2. The smallest absolute Gasteiger partial charge is 0.248 e. The van der Waals surface area contributed by atoms with Crippen molar-refractivity contribution in [3.05, 3.63) is 94.6 Å². The number of nitrogens with zero attached hydrogens (tertiary/aromatic N) is 4. The molecule has 12 heteroatoms. The molecule has 52 heavy (non-hydrogen) atoms. The number of nitrogens with one attached hydrogen (secondary N) is 2. The number of ketones is 1. The molecule has 10 nitrogen and oxygen atoms in total. The molecule has 1 amide bonds. The molecule has 1 aliphatic carbocycles. The number of halogens is 2. The Hall–Kier alpha value is -4.91. The number of carbonyl (C=O) groups excluding carboxylic acids is 2. The number of aryl methyl sites for hydroxylation is 2. The van der Waals surface area contributed by atoms with E-state index in [4.69, 9.17) is 14.5 Å². The van der Waals surface area contributed by atoms with Crippen molar-refractivity contribution in [1.82, 2.24) is 19.3 Å². The van der Waals surface area contributed by atoms with E-state index in [9.17, 15) is 9.59 Å². The number of ether oxygens (including phenoxy) is 2. The summed E-state index contributed by atoms with van der Waals surface area (Å²) in [6, 6.07) is 10.2. The van der Waals surface area contributed by atoms with Gasteiger partial charge in [0.2, 0.25) is 11.7 Å². The molecule has 0 saturated heterocycles. The number of carbonyl (C=O) groups is 2. The summed E-state index contributed by atoms with van der Waals surface area (Å²) in [7, 11) is 7.41.